The summed E-state index contributed by atoms with van der Waals surface area (Å²) in [4.78, 5) is 29.7. The van der Waals surface area contributed by atoms with Crippen LogP contribution in [0.1, 0.15) is 17.7 Å². The fourth-order valence-electron chi connectivity index (χ4n) is 3.56. The van der Waals surface area contributed by atoms with Crippen LogP contribution in [-0.4, -0.2) is 25.8 Å². The van der Waals surface area contributed by atoms with Crippen molar-refractivity contribution in [1.29, 1.82) is 0 Å². The van der Waals surface area contributed by atoms with Gasteiger partial charge < -0.3 is 15.3 Å². The van der Waals surface area contributed by atoms with Crippen LogP contribution in [-0.2, 0) is 11.2 Å². The van der Waals surface area contributed by atoms with Crippen molar-refractivity contribution in [2.24, 2.45) is 0 Å². The molecule has 3 heterocycles. The Morgan fingerprint density at radius 3 is 2.81 bits per heavy atom. The number of fused-ring (bicyclic) bond motifs is 1. The fraction of sp³-hybridized carbons (Fsp3) is 0.125. The molecule has 0 aliphatic carbocycles. The molecule has 0 aliphatic rings. The van der Waals surface area contributed by atoms with Crippen molar-refractivity contribution in [3.63, 3.8) is 0 Å². The maximum absolute atomic E-state index is 12.3. The number of hydrogen-bond acceptors (Lipinski definition) is 4. The molecule has 0 radical (unpaired) electrons. The van der Waals surface area contributed by atoms with Gasteiger partial charge in [0, 0.05) is 28.9 Å². The van der Waals surface area contributed by atoms with Gasteiger partial charge in [0.1, 0.15) is 5.82 Å². The van der Waals surface area contributed by atoms with Crippen LogP contribution in [0.4, 0.5) is 5.69 Å². The van der Waals surface area contributed by atoms with Crippen LogP contribution >= 0.6 is 11.3 Å². The summed E-state index contributed by atoms with van der Waals surface area (Å²) in [6.07, 6.45) is 4.40. The molecule has 0 fully saturated rings. The van der Waals surface area contributed by atoms with E-state index in [2.05, 4.69) is 51.5 Å². The molecule has 5 aromatic rings. The van der Waals surface area contributed by atoms with Crippen molar-refractivity contribution >= 4 is 34.0 Å². The van der Waals surface area contributed by atoms with E-state index in [1.165, 1.54) is 0 Å². The molecular weight excluding hydrogens is 406 g/mol. The summed E-state index contributed by atoms with van der Waals surface area (Å²) in [5, 5.41) is 2.99. The zero-order valence-electron chi connectivity index (χ0n) is 17.0. The number of para-hydroxylation sites is 1. The third kappa shape index (κ3) is 4.13. The lowest BCUT2D eigenvalue weighted by atomic mass is 10.1. The number of nitrogens with zero attached hydrogens (tertiary/aromatic N) is 2. The van der Waals surface area contributed by atoms with Crippen LogP contribution in [0.25, 0.3) is 32.2 Å². The first-order valence-corrected chi connectivity index (χ1v) is 10.9. The molecule has 6 nitrogen and oxygen atoms in total. The number of carbonyl (C=O) groups is 1. The van der Waals surface area contributed by atoms with Crippen LogP contribution in [0.15, 0.2) is 67.1 Å². The number of anilines is 1. The number of aromatic nitrogens is 4. The Bertz CT molecular complexity index is 1350. The van der Waals surface area contributed by atoms with E-state index in [0.29, 0.717) is 12.8 Å². The summed E-state index contributed by atoms with van der Waals surface area (Å²) in [6, 6.07) is 18.3. The first-order valence-electron chi connectivity index (χ1n) is 10.1. The smallest absolute Gasteiger partial charge is 0.224 e. The molecule has 0 aliphatic heterocycles. The molecule has 5 rings (SSSR count). The van der Waals surface area contributed by atoms with Gasteiger partial charge in [0.2, 0.25) is 5.91 Å². The molecule has 0 unspecified atom stereocenters. The van der Waals surface area contributed by atoms with Gasteiger partial charge in [-0.3, -0.25) is 4.79 Å². The highest BCUT2D eigenvalue weighted by Crippen LogP contribution is 2.35. The molecule has 0 saturated carbocycles. The third-order valence-electron chi connectivity index (χ3n) is 5.16. The normalized spacial score (nSPS) is 11.1. The number of aryl methyl sites for hydroxylation is 2. The molecule has 154 valence electrons. The zero-order chi connectivity index (χ0) is 21.2. The molecule has 1 amide bonds. The lowest BCUT2D eigenvalue weighted by Crippen LogP contribution is -2.12. The van der Waals surface area contributed by atoms with Crippen molar-refractivity contribution < 1.29 is 4.79 Å². The standard InChI is InChI=1S/C24H21N5OS/c1-15-4-2-7-19-23(15)29-24(28-19)21-10-9-20(31-21)16-5-3-6-17(12-16)27-22(30)11-8-18-13-25-14-26-18/h2-7,9-10,12-14H,8,11H2,1H3,(H,25,26)(H,27,30)(H,28,29). The number of aromatic amines is 2. The summed E-state index contributed by atoms with van der Waals surface area (Å²) in [7, 11) is 0. The van der Waals surface area contributed by atoms with Gasteiger partial charge >= 0.3 is 0 Å². The minimum Gasteiger partial charge on any atom is -0.348 e. The van der Waals surface area contributed by atoms with Gasteiger partial charge in [0.25, 0.3) is 0 Å². The maximum atomic E-state index is 12.3. The molecule has 0 spiro atoms. The molecule has 0 atom stereocenters. The largest absolute Gasteiger partial charge is 0.348 e. The van der Waals surface area contributed by atoms with Gasteiger partial charge in [-0.15, -0.1) is 11.3 Å². The van der Waals surface area contributed by atoms with Crippen molar-refractivity contribution in [1.82, 2.24) is 19.9 Å². The van der Waals surface area contributed by atoms with E-state index in [4.69, 9.17) is 4.98 Å². The Hall–Kier alpha value is -3.71. The number of H-pyrrole nitrogens is 2. The number of thiophene rings is 1. The average Bonchev–Trinajstić information content (AvgIpc) is 3.53. The lowest BCUT2D eigenvalue weighted by Gasteiger charge is -2.06. The fourth-order valence-corrected chi connectivity index (χ4v) is 4.50. The first kappa shape index (κ1) is 19.3. The number of carbonyl (C=O) groups excluding carboxylic acids is 1. The topological polar surface area (TPSA) is 86.5 Å². The number of amides is 1. The quantitative estimate of drug-likeness (QED) is 0.331. The Morgan fingerprint density at radius 2 is 1.97 bits per heavy atom. The number of rotatable bonds is 6. The van der Waals surface area contributed by atoms with Crippen LogP contribution in [0.5, 0.6) is 0 Å². The van der Waals surface area contributed by atoms with Crippen molar-refractivity contribution in [3.8, 4) is 21.1 Å². The Balaban J connectivity index is 1.32. The summed E-state index contributed by atoms with van der Waals surface area (Å²) in [5.74, 6) is 0.861. The van der Waals surface area contributed by atoms with Crippen LogP contribution < -0.4 is 5.32 Å². The minimum atomic E-state index is -0.0173. The lowest BCUT2D eigenvalue weighted by molar-refractivity contribution is -0.116. The second kappa shape index (κ2) is 8.20. The van der Waals surface area contributed by atoms with Crippen LogP contribution in [0.2, 0.25) is 0 Å². The van der Waals surface area contributed by atoms with E-state index in [0.717, 1.165) is 49.1 Å². The first-order chi connectivity index (χ1) is 15.2. The van der Waals surface area contributed by atoms with Gasteiger partial charge in [-0.1, -0.05) is 24.3 Å². The molecule has 7 heteroatoms. The van der Waals surface area contributed by atoms with E-state index in [1.807, 2.05) is 30.3 Å². The summed E-state index contributed by atoms with van der Waals surface area (Å²) < 4.78 is 0. The van der Waals surface area contributed by atoms with Crippen molar-refractivity contribution in [2.75, 3.05) is 5.32 Å². The summed E-state index contributed by atoms with van der Waals surface area (Å²) in [5.41, 5.74) is 6.02. The van der Waals surface area contributed by atoms with E-state index in [-0.39, 0.29) is 5.91 Å². The van der Waals surface area contributed by atoms with E-state index >= 15 is 0 Å². The Labute approximate surface area is 183 Å². The van der Waals surface area contributed by atoms with Crippen LogP contribution in [0, 0.1) is 6.92 Å². The number of nitrogens with one attached hydrogen (secondary N) is 3. The Morgan fingerprint density at radius 1 is 1.10 bits per heavy atom. The zero-order valence-corrected chi connectivity index (χ0v) is 17.8. The molecule has 0 saturated heterocycles. The predicted octanol–water partition coefficient (Wildman–Crippen LogP) is 5.56. The van der Waals surface area contributed by atoms with Crippen molar-refractivity contribution in [2.45, 2.75) is 19.8 Å². The second-order valence-electron chi connectivity index (χ2n) is 7.43. The van der Waals surface area contributed by atoms with Crippen LogP contribution in [0.3, 0.4) is 0 Å². The number of benzene rings is 2. The van der Waals surface area contributed by atoms with Gasteiger partial charge in [-0.2, -0.15) is 0 Å². The maximum Gasteiger partial charge on any atom is 0.224 e. The molecular formula is C24H21N5OS. The third-order valence-corrected chi connectivity index (χ3v) is 6.30. The number of imidazole rings is 2. The highest BCUT2D eigenvalue weighted by atomic mass is 32.1. The summed E-state index contributed by atoms with van der Waals surface area (Å²) in [6.45, 7) is 2.07. The SMILES string of the molecule is Cc1cccc2[nH]c(-c3ccc(-c4cccc(NC(=O)CCc5cnc[nH]5)c4)s3)nc12. The van der Waals surface area contributed by atoms with E-state index < -0.39 is 0 Å². The molecule has 31 heavy (non-hydrogen) atoms. The summed E-state index contributed by atoms with van der Waals surface area (Å²) >= 11 is 1.68. The molecule has 3 aromatic heterocycles. The van der Waals surface area contributed by atoms with E-state index in [1.54, 1.807) is 23.9 Å². The van der Waals surface area contributed by atoms with Gasteiger partial charge in [-0.05, 0) is 54.8 Å². The van der Waals surface area contributed by atoms with Crippen molar-refractivity contribution in [3.05, 3.63) is 78.4 Å². The Kier molecular flexibility index (Phi) is 5.09. The highest BCUT2D eigenvalue weighted by Gasteiger charge is 2.11. The monoisotopic (exact) mass is 427 g/mol. The highest BCUT2D eigenvalue weighted by molar-refractivity contribution is 7.18. The second-order valence-corrected chi connectivity index (χ2v) is 8.51. The van der Waals surface area contributed by atoms with Gasteiger partial charge in [-0.25, -0.2) is 9.97 Å². The van der Waals surface area contributed by atoms with Gasteiger partial charge in [0.05, 0.1) is 22.2 Å². The molecule has 0 bridgehead atoms. The minimum absolute atomic E-state index is 0.0173. The predicted molar refractivity (Wildman–Crippen MR) is 125 cm³/mol. The molecule has 3 N–H and O–H groups in total. The van der Waals surface area contributed by atoms with Gasteiger partial charge in [0.15, 0.2) is 0 Å². The average molecular weight is 428 g/mol. The van der Waals surface area contributed by atoms with E-state index in [9.17, 15) is 4.79 Å². The molecule has 2 aromatic carbocycles. The number of hydrogen-bond donors (Lipinski definition) is 3.